The van der Waals surface area contributed by atoms with Crippen molar-refractivity contribution in [2.75, 3.05) is 30.5 Å². The van der Waals surface area contributed by atoms with Crippen molar-refractivity contribution in [1.29, 1.82) is 0 Å². The molecule has 0 bridgehead atoms. The topological polar surface area (TPSA) is 12.5 Å². The predicted octanol–water partition coefficient (Wildman–Crippen LogP) is 3.15. The lowest BCUT2D eigenvalue weighted by molar-refractivity contribution is -0.137. The van der Waals surface area contributed by atoms with Crippen molar-refractivity contribution in [1.82, 2.24) is 0 Å². The predicted molar refractivity (Wildman–Crippen MR) is 64.1 cm³/mol. The molecular formula is C12H13ClF3NO. The number of hydrogen-bond donors (Lipinski definition) is 0. The van der Waals surface area contributed by atoms with Gasteiger partial charge in [-0.1, -0.05) is 0 Å². The normalized spacial score (nSPS) is 21.1. The van der Waals surface area contributed by atoms with Gasteiger partial charge in [-0.2, -0.15) is 13.2 Å². The summed E-state index contributed by atoms with van der Waals surface area (Å²) in [6, 6.07) is 5.17. The van der Waals surface area contributed by atoms with E-state index < -0.39 is 11.7 Å². The molecule has 6 heteroatoms. The van der Waals surface area contributed by atoms with Gasteiger partial charge in [0.1, 0.15) is 0 Å². The first-order valence-corrected chi connectivity index (χ1v) is 6.14. The molecule has 2 nitrogen and oxygen atoms in total. The fourth-order valence-electron chi connectivity index (χ4n) is 1.91. The number of halogens is 4. The number of rotatable bonds is 2. The molecule has 1 unspecified atom stereocenters. The Hall–Kier alpha value is -0.940. The number of benzene rings is 1. The van der Waals surface area contributed by atoms with Crippen molar-refractivity contribution in [3.63, 3.8) is 0 Å². The van der Waals surface area contributed by atoms with Crippen molar-refractivity contribution in [2.24, 2.45) is 0 Å². The maximum atomic E-state index is 12.4. The van der Waals surface area contributed by atoms with Gasteiger partial charge < -0.3 is 9.64 Å². The van der Waals surface area contributed by atoms with Crippen LogP contribution in [0.5, 0.6) is 0 Å². The molecule has 1 fully saturated rings. The number of alkyl halides is 4. The highest BCUT2D eigenvalue weighted by Gasteiger charge is 2.30. The molecule has 18 heavy (non-hydrogen) atoms. The quantitative estimate of drug-likeness (QED) is 0.771. The molecule has 100 valence electrons. The highest BCUT2D eigenvalue weighted by molar-refractivity contribution is 6.18. The van der Waals surface area contributed by atoms with E-state index in [0.29, 0.717) is 25.6 Å². The zero-order chi connectivity index (χ0) is 13.2. The number of morpholine rings is 1. The molecule has 1 aromatic rings. The summed E-state index contributed by atoms with van der Waals surface area (Å²) in [7, 11) is 0. The average Bonchev–Trinajstić information content (AvgIpc) is 2.38. The summed E-state index contributed by atoms with van der Waals surface area (Å²) in [5.74, 6) is 0.386. The standard InChI is InChI=1S/C12H13ClF3NO/c13-7-11-8-17(5-6-18-11)10-3-1-9(2-4-10)12(14,15)16/h1-4,11H,5-8H2. The molecule has 0 radical (unpaired) electrons. The Morgan fingerprint density at radius 2 is 1.94 bits per heavy atom. The summed E-state index contributed by atoms with van der Waals surface area (Å²) >= 11 is 5.72. The van der Waals surface area contributed by atoms with Crippen LogP contribution in [0.2, 0.25) is 0 Å². The van der Waals surface area contributed by atoms with E-state index in [4.69, 9.17) is 16.3 Å². The van der Waals surface area contributed by atoms with Gasteiger partial charge in [0.15, 0.2) is 0 Å². The molecule has 1 aliphatic rings. The molecule has 0 spiro atoms. The number of hydrogen-bond acceptors (Lipinski definition) is 2. The molecule has 1 atom stereocenters. The van der Waals surface area contributed by atoms with Crippen molar-refractivity contribution >= 4 is 17.3 Å². The van der Waals surface area contributed by atoms with Crippen LogP contribution in [0.1, 0.15) is 5.56 Å². The van der Waals surface area contributed by atoms with E-state index in [1.807, 2.05) is 4.90 Å². The zero-order valence-corrected chi connectivity index (χ0v) is 10.3. The first kappa shape index (κ1) is 13.5. The SMILES string of the molecule is FC(F)(F)c1ccc(N2CCOC(CCl)C2)cc1. The van der Waals surface area contributed by atoms with Gasteiger partial charge in [-0.3, -0.25) is 0 Å². The molecule has 0 N–H and O–H groups in total. The highest BCUT2D eigenvalue weighted by atomic mass is 35.5. The van der Waals surface area contributed by atoms with Gasteiger partial charge in [0.25, 0.3) is 0 Å². The summed E-state index contributed by atoms with van der Waals surface area (Å²) in [5, 5.41) is 0. The highest BCUT2D eigenvalue weighted by Crippen LogP contribution is 2.30. The Balaban J connectivity index is 2.09. The number of ether oxygens (including phenoxy) is 1. The Kier molecular flexibility index (Phi) is 4.02. The maximum Gasteiger partial charge on any atom is 0.416 e. The molecule has 0 aromatic heterocycles. The molecular weight excluding hydrogens is 267 g/mol. The summed E-state index contributed by atoms with van der Waals surface area (Å²) in [4.78, 5) is 1.98. The zero-order valence-electron chi connectivity index (χ0n) is 9.58. The lowest BCUT2D eigenvalue weighted by atomic mass is 10.1. The van der Waals surface area contributed by atoms with E-state index in [1.165, 1.54) is 12.1 Å². The molecule has 1 aromatic carbocycles. The molecule has 1 heterocycles. The van der Waals surface area contributed by atoms with Gasteiger partial charge >= 0.3 is 6.18 Å². The van der Waals surface area contributed by atoms with E-state index >= 15 is 0 Å². The van der Waals surface area contributed by atoms with Crippen LogP contribution < -0.4 is 4.90 Å². The Morgan fingerprint density at radius 3 is 2.50 bits per heavy atom. The van der Waals surface area contributed by atoms with Crippen LogP contribution in [0, 0.1) is 0 Å². The van der Waals surface area contributed by atoms with Crippen molar-refractivity contribution in [2.45, 2.75) is 12.3 Å². The number of nitrogens with zero attached hydrogens (tertiary/aromatic N) is 1. The van der Waals surface area contributed by atoms with Crippen molar-refractivity contribution < 1.29 is 17.9 Å². The van der Waals surface area contributed by atoms with Crippen molar-refractivity contribution in [3.8, 4) is 0 Å². The summed E-state index contributed by atoms with van der Waals surface area (Å²) in [5.41, 5.74) is 0.134. The number of anilines is 1. The molecule has 1 saturated heterocycles. The minimum absolute atomic E-state index is 0.0669. The second kappa shape index (κ2) is 5.36. The molecule has 2 rings (SSSR count). The first-order valence-electron chi connectivity index (χ1n) is 5.60. The Morgan fingerprint density at radius 1 is 1.28 bits per heavy atom. The smallest absolute Gasteiger partial charge is 0.373 e. The minimum atomic E-state index is -4.29. The van der Waals surface area contributed by atoms with E-state index in [9.17, 15) is 13.2 Å². The van der Waals surface area contributed by atoms with Crippen LogP contribution in [0.4, 0.5) is 18.9 Å². The fraction of sp³-hybridized carbons (Fsp3) is 0.500. The summed E-state index contributed by atoms with van der Waals surface area (Å²) in [6.07, 6.45) is -4.36. The van der Waals surface area contributed by atoms with Gasteiger partial charge in [0.2, 0.25) is 0 Å². The van der Waals surface area contributed by atoms with Crippen LogP contribution in [0.3, 0.4) is 0 Å². The first-order chi connectivity index (χ1) is 8.50. The lowest BCUT2D eigenvalue weighted by Crippen LogP contribution is -2.43. The van der Waals surface area contributed by atoms with Gasteiger partial charge in [-0.25, -0.2) is 0 Å². The molecule has 0 aliphatic carbocycles. The van der Waals surface area contributed by atoms with E-state index in [0.717, 1.165) is 17.8 Å². The third-order valence-electron chi connectivity index (χ3n) is 2.87. The maximum absolute atomic E-state index is 12.4. The van der Waals surface area contributed by atoms with E-state index in [-0.39, 0.29) is 6.10 Å². The average molecular weight is 280 g/mol. The van der Waals surface area contributed by atoms with Crippen LogP contribution in [0.25, 0.3) is 0 Å². The van der Waals surface area contributed by atoms with Crippen LogP contribution >= 0.6 is 11.6 Å². The van der Waals surface area contributed by atoms with Gasteiger partial charge in [0.05, 0.1) is 24.2 Å². The second-order valence-electron chi connectivity index (χ2n) is 4.14. The lowest BCUT2D eigenvalue weighted by Gasteiger charge is -2.33. The van der Waals surface area contributed by atoms with Crippen molar-refractivity contribution in [3.05, 3.63) is 29.8 Å². The largest absolute Gasteiger partial charge is 0.416 e. The minimum Gasteiger partial charge on any atom is -0.373 e. The summed E-state index contributed by atoms with van der Waals surface area (Å²) < 4.78 is 42.7. The summed E-state index contributed by atoms with van der Waals surface area (Å²) in [6.45, 7) is 1.81. The fourth-order valence-corrected chi connectivity index (χ4v) is 2.10. The monoisotopic (exact) mass is 279 g/mol. The van der Waals surface area contributed by atoms with Gasteiger partial charge in [-0.05, 0) is 24.3 Å². The third-order valence-corrected chi connectivity index (χ3v) is 3.21. The van der Waals surface area contributed by atoms with E-state index in [2.05, 4.69) is 0 Å². The van der Waals surface area contributed by atoms with Crippen LogP contribution in [0.15, 0.2) is 24.3 Å². The molecule has 0 amide bonds. The third kappa shape index (κ3) is 3.09. The molecule has 0 saturated carbocycles. The van der Waals surface area contributed by atoms with Gasteiger partial charge in [0, 0.05) is 18.8 Å². The Bertz CT molecular complexity index is 393. The van der Waals surface area contributed by atoms with E-state index in [1.54, 1.807) is 0 Å². The molecule has 1 aliphatic heterocycles. The van der Waals surface area contributed by atoms with Gasteiger partial charge in [-0.15, -0.1) is 11.6 Å². The second-order valence-corrected chi connectivity index (χ2v) is 4.45. The van der Waals surface area contributed by atoms with Crippen LogP contribution in [-0.4, -0.2) is 31.7 Å². The van der Waals surface area contributed by atoms with Crippen LogP contribution in [-0.2, 0) is 10.9 Å². The Labute approximate surface area is 108 Å².